The first-order valence-corrected chi connectivity index (χ1v) is 11.8. The molecule has 10 heteroatoms. The van der Waals surface area contributed by atoms with Crippen molar-refractivity contribution < 1.29 is 8.42 Å². The SMILES string of the molecule is Cc1cccc(C)c1Nc1nc2c(Nc3ccc(S(=O)(=O)N(C)C)cc3)ncnc2s1. The second-order valence-electron chi connectivity index (χ2n) is 7.22. The van der Waals surface area contributed by atoms with E-state index in [0.29, 0.717) is 17.0 Å². The molecule has 31 heavy (non-hydrogen) atoms. The van der Waals surface area contributed by atoms with Crippen molar-refractivity contribution in [2.75, 3.05) is 24.7 Å². The van der Waals surface area contributed by atoms with Crippen LogP contribution in [0.25, 0.3) is 10.3 Å². The maximum Gasteiger partial charge on any atom is 0.242 e. The van der Waals surface area contributed by atoms with Gasteiger partial charge in [-0.3, -0.25) is 0 Å². The number of sulfonamides is 1. The molecule has 0 saturated carbocycles. The van der Waals surface area contributed by atoms with Gasteiger partial charge >= 0.3 is 0 Å². The molecule has 4 aromatic rings. The second-order valence-corrected chi connectivity index (χ2v) is 10.4. The van der Waals surface area contributed by atoms with Crippen LogP contribution in [-0.2, 0) is 10.0 Å². The Morgan fingerprint density at radius 2 is 1.61 bits per heavy atom. The Labute approximate surface area is 185 Å². The Morgan fingerprint density at radius 1 is 0.935 bits per heavy atom. The van der Waals surface area contributed by atoms with Crippen molar-refractivity contribution in [3.05, 3.63) is 59.9 Å². The van der Waals surface area contributed by atoms with Gasteiger partial charge in [-0.05, 0) is 49.2 Å². The number of nitrogens with zero attached hydrogens (tertiary/aromatic N) is 4. The summed E-state index contributed by atoms with van der Waals surface area (Å²) in [5.41, 5.74) is 4.65. The maximum atomic E-state index is 12.2. The summed E-state index contributed by atoms with van der Waals surface area (Å²) in [7, 11) is -0.463. The summed E-state index contributed by atoms with van der Waals surface area (Å²) < 4.78 is 25.7. The third kappa shape index (κ3) is 4.22. The molecule has 0 unspecified atom stereocenters. The first-order valence-electron chi connectivity index (χ1n) is 9.50. The summed E-state index contributed by atoms with van der Waals surface area (Å²) in [6.45, 7) is 4.10. The van der Waals surface area contributed by atoms with Crippen molar-refractivity contribution in [2.45, 2.75) is 18.7 Å². The fourth-order valence-corrected chi connectivity index (χ4v) is 4.79. The average Bonchev–Trinajstić information content (AvgIpc) is 3.15. The van der Waals surface area contributed by atoms with Crippen molar-refractivity contribution in [1.82, 2.24) is 19.3 Å². The van der Waals surface area contributed by atoms with Crippen LogP contribution in [0.5, 0.6) is 0 Å². The van der Waals surface area contributed by atoms with E-state index in [4.69, 9.17) is 0 Å². The van der Waals surface area contributed by atoms with Crippen molar-refractivity contribution in [3.63, 3.8) is 0 Å². The zero-order chi connectivity index (χ0) is 22.2. The third-order valence-corrected chi connectivity index (χ3v) is 7.51. The van der Waals surface area contributed by atoms with E-state index in [1.165, 1.54) is 36.1 Å². The van der Waals surface area contributed by atoms with Crippen molar-refractivity contribution in [1.29, 1.82) is 0 Å². The minimum absolute atomic E-state index is 0.227. The fourth-order valence-electron chi connectivity index (χ4n) is 3.08. The van der Waals surface area contributed by atoms with E-state index < -0.39 is 10.0 Å². The summed E-state index contributed by atoms with van der Waals surface area (Å²) in [4.78, 5) is 14.3. The lowest BCUT2D eigenvalue weighted by Gasteiger charge is -2.12. The number of hydrogen-bond donors (Lipinski definition) is 2. The number of rotatable bonds is 6. The van der Waals surface area contributed by atoms with Crippen molar-refractivity contribution in [3.8, 4) is 0 Å². The zero-order valence-corrected chi connectivity index (χ0v) is 19.2. The molecule has 8 nitrogen and oxygen atoms in total. The van der Waals surface area contributed by atoms with E-state index >= 15 is 0 Å². The van der Waals surface area contributed by atoms with Crippen LogP contribution in [0.4, 0.5) is 22.3 Å². The molecule has 160 valence electrons. The highest BCUT2D eigenvalue weighted by Gasteiger charge is 2.17. The Hall–Kier alpha value is -3.08. The summed E-state index contributed by atoms with van der Waals surface area (Å²) >= 11 is 1.45. The van der Waals surface area contributed by atoms with Crippen LogP contribution in [0.2, 0.25) is 0 Å². The molecule has 0 aliphatic carbocycles. The van der Waals surface area contributed by atoms with Crippen LogP contribution >= 0.6 is 11.3 Å². The Kier molecular flexibility index (Phi) is 5.61. The average molecular weight is 455 g/mol. The Balaban J connectivity index is 1.62. The molecule has 0 bridgehead atoms. The molecule has 0 saturated heterocycles. The first kappa shape index (κ1) is 21.2. The Bertz CT molecular complexity index is 1330. The molecule has 0 fully saturated rings. The van der Waals surface area contributed by atoms with E-state index in [2.05, 4.69) is 51.6 Å². The molecule has 4 rings (SSSR count). The number of thiazole rings is 1. The van der Waals surface area contributed by atoms with E-state index in [-0.39, 0.29) is 4.90 Å². The number of benzene rings is 2. The largest absolute Gasteiger partial charge is 0.338 e. The smallest absolute Gasteiger partial charge is 0.242 e. The lowest BCUT2D eigenvalue weighted by atomic mass is 10.1. The van der Waals surface area contributed by atoms with E-state index in [9.17, 15) is 8.42 Å². The summed E-state index contributed by atoms with van der Waals surface area (Å²) in [5, 5.41) is 7.33. The number of aryl methyl sites for hydroxylation is 2. The minimum atomic E-state index is -3.47. The molecule has 2 N–H and O–H groups in total. The van der Waals surface area contributed by atoms with Gasteiger partial charge in [-0.15, -0.1) is 0 Å². The standard InChI is InChI=1S/C21H22N6O2S2/c1-13-6-5-7-14(2)17(13)25-21-26-18-19(22-12-23-20(18)30-21)24-15-8-10-16(11-9-15)31(28,29)27(3)4/h5-12H,1-4H3,(H,25,26)(H,22,23,24). The normalized spacial score (nSPS) is 11.8. The fraction of sp³-hybridized carbons (Fsp3) is 0.190. The van der Waals surface area contributed by atoms with Gasteiger partial charge in [-0.1, -0.05) is 29.5 Å². The topological polar surface area (TPSA) is 100 Å². The van der Waals surface area contributed by atoms with Crippen LogP contribution in [0.3, 0.4) is 0 Å². The Morgan fingerprint density at radius 3 is 2.26 bits per heavy atom. The van der Waals surface area contributed by atoms with E-state index in [1.54, 1.807) is 24.3 Å². The van der Waals surface area contributed by atoms with Gasteiger partial charge < -0.3 is 10.6 Å². The highest BCUT2D eigenvalue weighted by molar-refractivity contribution is 7.89. The molecule has 0 radical (unpaired) electrons. The van der Waals surface area contributed by atoms with Gasteiger partial charge in [0, 0.05) is 25.5 Å². The summed E-state index contributed by atoms with van der Waals surface area (Å²) in [5.74, 6) is 0.555. The lowest BCUT2D eigenvalue weighted by Crippen LogP contribution is -2.22. The number of anilines is 4. The van der Waals surface area contributed by atoms with Gasteiger partial charge in [-0.25, -0.2) is 27.7 Å². The van der Waals surface area contributed by atoms with Gasteiger partial charge in [0.25, 0.3) is 0 Å². The highest BCUT2D eigenvalue weighted by atomic mass is 32.2. The monoisotopic (exact) mass is 454 g/mol. The van der Waals surface area contributed by atoms with Gasteiger partial charge in [0.05, 0.1) is 4.90 Å². The number of nitrogens with one attached hydrogen (secondary N) is 2. The quantitative estimate of drug-likeness (QED) is 0.444. The van der Waals surface area contributed by atoms with Gasteiger partial charge in [0.2, 0.25) is 10.0 Å². The van der Waals surface area contributed by atoms with E-state index in [0.717, 1.165) is 26.8 Å². The van der Waals surface area contributed by atoms with Crippen LogP contribution in [0.1, 0.15) is 11.1 Å². The van der Waals surface area contributed by atoms with Gasteiger partial charge in [0.1, 0.15) is 11.8 Å². The van der Waals surface area contributed by atoms with Crippen LogP contribution in [0.15, 0.2) is 53.7 Å². The molecule has 0 aliphatic rings. The molecule has 2 heterocycles. The highest BCUT2D eigenvalue weighted by Crippen LogP contribution is 2.33. The lowest BCUT2D eigenvalue weighted by molar-refractivity contribution is 0.521. The van der Waals surface area contributed by atoms with Crippen LogP contribution in [-0.4, -0.2) is 41.8 Å². The van der Waals surface area contributed by atoms with E-state index in [1.807, 2.05) is 6.07 Å². The van der Waals surface area contributed by atoms with Crippen molar-refractivity contribution >= 4 is 54.0 Å². The predicted octanol–water partition coefficient (Wildman–Crippen LogP) is 4.44. The summed E-state index contributed by atoms with van der Waals surface area (Å²) in [6, 6.07) is 12.6. The van der Waals surface area contributed by atoms with Gasteiger partial charge in [0.15, 0.2) is 15.8 Å². The molecular formula is C21H22N6O2S2. The van der Waals surface area contributed by atoms with Crippen LogP contribution < -0.4 is 10.6 Å². The molecule has 0 aliphatic heterocycles. The molecule has 2 aromatic carbocycles. The molecular weight excluding hydrogens is 432 g/mol. The second kappa shape index (κ2) is 8.22. The van der Waals surface area contributed by atoms with Crippen LogP contribution in [0, 0.1) is 13.8 Å². The number of aromatic nitrogens is 3. The third-order valence-electron chi connectivity index (χ3n) is 4.80. The number of fused-ring (bicyclic) bond motifs is 1. The zero-order valence-electron chi connectivity index (χ0n) is 17.5. The summed E-state index contributed by atoms with van der Waals surface area (Å²) in [6.07, 6.45) is 1.48. The molecule has 0 amide bonds. The van der Waals surface area contributed by atoms with Crippen molar-refractivity contribution in [2.24, 2.45) is 0 Å². The minimum Gasteiger partial charge on any atom is -0.338 e. The van der Waals surface area contributed by atoms with Gasteiger partial charge in [-0.2, -0.15) is 0 Å². The molecule has 2 aromatic heterocycles. The molecule has 0 spiro atoms. The predicted molar refractivity (Wildman–Crippen MR) is 125 cm³/mol. The number of para-hydroxylation sites is 1. The maximum absolute atomic E-state index is 12.2. The first-order chi connectivity index (χ1) is 14.8. The molecule has 0 atom stereocenters. The number of hydrogen-bond acceptors (Lipinski definition) is 8.